The number of hydrogen-bond acceptors (Lipinski definition) is 1. The minimum Gasteiger partial charge on any atom is -0.310 e. The van der Waals surface area contributed by atoms with Crippen LogP contribution in [0.25, 0.3) is 77.2 Å². The van der Waals surface area contributed by atoms with Gasteiger partial charge < -0.3 is 4.90 Å². The van der Waals surface area contributed by atoms with Gasteiger partial charge in [-0.1, -0.05) is 196 Å². The fourth-order valence-electron chi connectivity index (χ4n) is 9.60. The smallest absolute Gasteiger partial charge is 0.0465 e. The van der Waals surface area contributed by atoms with Crippen LogP contribution in [0.4, 0.5) is 17.1 Å². The molecule has 0 atom stereocenters. The van der Waals surface area contributed by atoms with Crippen LogP contribution in [0.15, 0.2) is 224 Å². The number of rotatable bonds is 7. The Balaban J connectivity index is 0.998. The fourth-order valence-corrected chi connectivity index (χ4v) is 9.60. The van der Waals surface area contributed by atoms with Crippen molar-refractivity contribution in [3.8, 4) is 55.6 Å². The molecule has 0 heterocycles. The molecule has 0 N–H and O–H groups in total. The maximum Gasteiger partial charge on any atom is 0.0465 e. The highest BCUT2D eigenvalue weighted by Crippen LogP contribution is 2.51. The predicted molar refractivity (Wildman–Crippen MR) is 255 cm³/mol. The lowest BCUT2D eigenvalue weighted by Gasteiger charge is -2.28. The molecule has 0 aromatic heterocycles. The third-order valence-corrected chi connectivity index (χ3v) is 12.7. The second-order valence-electron chi connectivity index (χ2n) is 16.5. The van der Waals surface area contributed by atoms with Gasteiger partial charge in [-0.25, -0.2) is 0 Å². The summed E-state index contributed by atoms with van der Waals surface area (Å²) in [5.74, 6) is 0. The van der Waals surface area contributed by atoms with Gasteiger partial charge in [-0.3, -0.25) is 0 Å². The van der Waals surface area contributed by atoms with Crippen LogP contribution in [-0.2, 0) is 5.41 Å². The molecule has 10 aromatic rings. The Kier molecular flexibility index (Phi) is 8.57. The first-order chi connectivity index (χ1) is 29.5. The Bertz CT molecular complexity index is 3190. The van der Waals surface area contributed by atoms with E-state index in [0.29, 0.717) is 0 Å². The maximum absolute atomic E-state index is 2.42. The van der Waals surface area contributed by atoms with Crippen LogP contribution in [0.2, 0.25) is 0 Å². The van der Waals surface area contributed by atoms with Crippen molar-refractivity contribution >= 4 is 38.6 Å². The van der Waals surface area contributed by atoms with E-state index in [1.807, 2.05) is 0 Å². The Morgan fingerprint density at radius 2 is 0.750 bits per heavy atom. The van der Waals surface area contributed by atoms with Crippen LogP contribution in [-0.4, -0.2) is 0 Å². The number of hydrogen-bond donors (Lipinski definition) is 0. The second kappa shape index (κ2) is 14.4. The van der Waals surface area contributed by atoms with Gasteiger partial charge in [0, 0.05) is 22.5 Å². The normalized spacial score (nSPS) is 12.6. The lowest BCUT2D eigenvalue weighted by atomic mass is 9.82. The Morgan fingerprint density at radius 3 is 1.43 bits per heavy atom. The van der Waals surface area contributed by atoms with E-state index in [-0.39, 0.29) is 5.41 Å². The molecule has 60 heavy (non-hydrogen) atoms. The molecule has 0 bridgehead atoms. The van der Waals surface area contributed by atoms with E-state index in [1.165, 1.54) is 88.3 Å². The molecule has 1 aliphatic carbocycles. The molecule has 0 fully saturated rings. The summed E-state index contributed by atoms with van der Waals surface area (Å²) in [5, 5.41) is 5.08. The van der Waals surface area contributed by atoms with E-state index in [9.17, 15) is 0 Å². The van der Waals surface area contributed by atoms with E-state index >= 15 is 0 Å². The lowest BCUT2D eigenvalue weighted by Crippen LogP contribution is -2.16. The molecule has 11 rings (SSSR count). The Morgan fingerprint density at radius 1 is 0.283 bits per heavy atom. The average molecular weight is 766 g/mol. The van der Waals surface area contributed by atoms with Crippen LogP contribution >= 0.6 is 0 Å². The summed E-state index contributed by atoms with van der Waals surface area (Å²) in [6.07, 6.45) is 0. The van der Waals surface area contributed by atoms with Crippen LogP contribution in [0.5, 0.6) is 0 Å². The second-order valence-corrected chi connectivity index (χ2v) is 16.5. The third kappa shape index (κ3) is 6.01. The molecule has 0 saturated carbocycles. The van der Waals surface area contributed by atoms with Crippen molar-refractivity contribution in [2.45, 2.75) is 19.3 Å². The van der Waals surface area contributed by atoms with Crippen molar-refractivity contribution in [2.24, 2.45) is 0 Å². The van der Waals surface area contributed by atoms with Gasteiger partial charge in [0.25, 0.3) is 0 Å². The summed E-state index contributed by atoms with van der Waals surface area (Å²) >= 11 is 0. The highest BCUT2D eigenvalue weighted by Gasteiger charge is 2.35. The zero-order valence-electron chi connectivity index (χ0n) is 33.8. The highest BCUT2D eigenvalue weighted by atomic mass is 15.1. The quantitative estimate of drug-likeness (QED) is 0.146. The third-order valence-electron chi connectivity index (χ3n) is 12.7. The first-order valence-electron chi connectivity index (χ1n) is 20.9. The molecular weight excluding hydrogens is 723 g/mol. The van der Waals surface area contributed by atoms with Crippen LogP contribution in [0.3, 0.4) is 0 Å². The van der Waals surface area contributed by atoms with E-state index in [1.54, 1.807) is 0 Å². The van der Waals surface area contributed by atoms with Gasteiger partial charge in [0.15, 0.2) is 0 Å². The van der Waals surface area contributed by atoms with E-state index in [0.717, 1.165) is 17.1 Å². The van der Waals surface area contributed by atoms with Gasteiger partial charge in [0.1, 0.15) is 0 Å². The van der Waals surface area contributed by atoms with Crippen molar-refractivity contribution in [2.75, 3.05) is 4.90 Å². The maximum atomic E-state index is 2.42. The first kappa shape index (κ1) is 35.7. The van der Waals surface area contributed by atoms with E-state index in [4.69, 9.17) is 0 Å². The zero-order valence-corrected chi connectivity index (χ0v) is 33.8. The van der Waals surface area contributed by atoms with Crippen molar-refractivity contribution < 1.29 is 0 Å². The SMILES string of the molecule is CC1(C)c2ccccc2-c2ccc(N(c3ccc(-c4ccc(-c5ccccc5)cc4)cc3)c3ccc(-c4ccccc4-c4cc5ccccc5c5ccccc45)cc3)cc21. The molecule has 0 unspecified atom stereocenters. The van der Waals surface area contributed by atoms with Crippen molar-refractivity contribution in [1.29, 1.82) is 0 Å². The van der Waals surface area contributed by atoms with E-state index < -0.39 is 0 Å². The molecule has 0 amide bonds. The number of anilines is 3. The van der Waals surface area contributed by atoms with Gasteiger partial charge in [-0.15, -0.1) is 0 Å². The van der Waals surface area contributed by atoms with Gasteiger partial charge in [0.2, 0.25) is 0 Å². The monoisotopic (exact) mass is 765 g/mol. The number of fused-ring (bicyclic) bond motifs is 6. The molecule has 1 aliphatic rings. The summed E-state index contributed by atoms with van der Waals surface area (Å²) in [7, 11) is 0. The van der Waals surface area contributed by atoms with Crippen molar-refractivity contribution in [3.63, 3.8) is 0 Å². The van der Waals surface area contributed by atoms with Gasteiger partial charge in [-0.2, -0.15) is 0 Å². The molecule has 10 aromatic carbocycles. The van der Waals surface area contributed by atoms with Gasteiger partial charge in [-0.05, 0) is 131 Å². The fraction of sp³-hybridized carbons (Fsp3) is 0.0508. The summed E-state index contributed by atoms with van der Waals surface area (Å²) in [6, 6.07) is 82.3. The molecule has 1 nitrogen and oxygen atoms in total. The van der Waals surface area contributed by atoms with Gasteiger partial charge in [0.05, 0.1) is 0 Å². The van der Waals surface area contributed by atoms with Crippen molar-refractivity contribution in [1.82, 2.24) is 0 Å². The van der Waals surface area contributed by atoms with Crippen LogP contribution in [0.1, 0.15) is 25.0 Å². The summed E-state index contributed by atoms with van der Waals surface area (Å²) in [5.41, 5.74) is 18.4. The summed E-state index contributed by atoms with van der Waals surface area (Å²) in [4.78, 5) is 2.41. The number of benzene rings is 10. The van der Waals surface area contributed by atoms with Crippen LogP contribution < -0.4 is 4.90 Å². The van der Waals surface area contributed by atoms with E-state index in [2.05, 4.69) is 243 Å². The molecule has 284 valence electrons. The topological polar surface area (TPSA) is 3.24 Å². The molecule has 0 radical (unpaired) electrons. The first-order valence-corrected chi connectivity index (χ1v) is 20.9. The Hall–Kier alpha value is -7.48. The average Bonchev–Trinajstić information content (AvgIpc) is 3.55. The Labute approximate surface area is 352 Å². The predicted octanol–water partition coefficient (Wildman–Crippen LogP) is 16.4. The minimum absolute atomic E-state index is 0.107. The molecular formula is C59H43N. The molecule has 0 spiro atoms. The van der Waals surface area contributed by atoms with Crippen molar-refractivity contribution in [3.05, 3.63) is 236 Å². The highest BCUT2D eigenvalue weighted by molar-refractivity contribution is 6.14. The number of nitrogens with zero attached hydrogens (tertiary/aromatic N) is 1. The molecule has 1 heteroatoms. The molecule has 0 aliphatic heterocycles. The largest absolute Gasteiger partial charge is 0.310 e. The summed E-state index contributed by atoms with van der Waals surface area (Å²) < 4.78 is 0. The standard InChI is InChI=1S/C59H43N/c1-59(2)57-23-13-12-22-54(57)55-37-36-48(39-58(55)59)60(46-32-28-43(29-33-46)42-26-24-41(25-27-42)40-14-4-3-5-15-40)47-34-30-44(31-35-47)49-17-8-9-20-52(49)56-38-45-16-6-7-18-50(45)51-19-10-11-21-53(51)56/h3-39H,1-2H3. The summed E-state index contributed by atoms with van der Waals surface area (Å²) in [6.45, 7) is 4.71. The lowest BCUT2D eigenvalue weighted by molar-refractivity contribution is 0.660. The van der Waals surface area contributed by atoms with Crippen LogP contribution in [0, 0.1) is 0 Å². The molecule has 0 saturated heterocycles. The zero-order chi connectivity index (χ0) is 40.2. The minimum atomic E-state index is -0.107. The van der Waals surface area contributed by atoms with Gasteiger partial charge >= 0.3 is 0 Å².